The van der Waals surface area contributed by atoms with Crippen molar-refractivity contribution in [2.24, 2.45) is 14.1 Å². The number of aryl methyl sites for hydroxylation is 1. The Hall–Kier alpha value is -2.87. The van der Waals surface area contributed by atoms with Crippen LogP contribution in [0.1, 0.15) is 37.7 Å². The van der Waals surface area contributed by atoms with Gasteiger partial charge in [0.15, 0.2) is 11.2 Å². The summed E-state index contributed by atoms with van der Waals surface area (Å²) >= 11 is 0. The lowest BCUT2D eigenvalue weighted by Crippen LogP contribution is -2.39. The molecule has 1 saturated carbocycles. The molecule has 29 heavy (non-hydrogen) atoms. The van der Waals surface area contributed by atoms with Crippen LogP contribution in [0, 0.1) is 0 Å². The average Bonchev–Trinajstić information content (AvgIpc) is 3.09. The third-order valence-corrected chi connectivity index (χ3v) is 5.89. The minimum absolute atomic E-state index is 0.340. The normalized spacial score (nSPS) is 16.2. The smallest absolute Gasteiger partial charge is 0.332 e. The molecule has 1 aromatic carbocycles. The topological polar surface area (TPSA) is 94.1 Å². The molecule has 0 saturated heterocycles. The predicted octanol–water partition coefficient (Wildman–Crippen LogP) is 1.59. The fourth-order valence-electron chi connectivity index (χ4n) is 4.13. The van der Waals surface area contributed by atoms with Gasteiger partial charge in [-0.05, 0) is 18.4 Å². The Bertz CT molecular complexity index is 1140. The van der Waals surface area contributed by atoms with Gasteiger partial charge in [0.25, 0.3) is 5.56 Å². The van der Waals surface area contributed by atoms with E-state index in [0.29, 0.717) is 30.2 Å². The molecule has 8 heteroatoms. The molecule has 2 heterocycles. The molecule has 0 atom stereocenters. The minimum atomic E-state index is -0.773. The summed E-state index contributed by atoms with van der Waals surface area (Å²) in [5, 5.41) is 14.1. The van der Waals surface area contributed by atoms with Gasteiger partial charge in [-0.2, -0.15) is 4.98 Å². The van der Waals surface area contributed by atoms with Gasteiger partial charge in [-0.15, -0.1) is 0 Å². The van der Waals surface area contributed by atoms with Crippen LogP contribution in [0.2, 0.25) is 0 Å². The lowest BCUT2D eigenvalue weighted by molar-refractivity contribution is 0.0165. The van der Waals surface area contributed by atoms with Crippen molar-refractivity contribution in [3.8, 4) is 0 Å². The Labute approximate surface area is 168 Å². The van der Waals surface area contributed by atoms with E-state index in [1.165, 1.54) is 11.6 Å². The van der Waals surface area contributed by atoms with Gasteiger partial charge in [0.05, 0.1) is 12.1 Å². The number of aliphatic hydroxyl groups is 1. The number of benzene rings is 1. The van der Waals surface area contributed by atoms with E-state index in [1.54, 1.807) is 11.6 Å². The van der Waals surface area contributed by atoms with Gasteiger partial charge in [0.2, 0.25) is 5.95 Å². The number of nitrogens with zero attached hydrogens (tertiary/aromatic N) is 4. The largest absolute Gasteiger partial charge is 0.388 e. The highest BCUT2D eigenvalue weighted by Gasteiger charge is 2.30. The monoisotopic (exact) mass is 397 g/mol. The first-order chi connectivity index (χ1) is 13.9. The number of imidazole rings is 1. The van der Waals surface area contributed by atoms with Gasteiger partial charge in [-0.3, -0.25) is 18.5 Å². The molecule has 0 radical (unpaired) electrons. The molecule has 4 rings (SSSR count). The summed E-state index contributed by atoms with van der Waals surface area (Å²) < 4.78 is 4.29. The molecule has 154 valence electrons. The van der Waals surface area contributed by atoms with Crippen molar-refractivity contribution in [1.82, 2.24) is 18.7 Å². The zero-order chi connectivity index (χ0) is 20.6. The number of aromatic nitrogens is 4. The molecule has 8 nitrogen and oxygen atoms in total. The second-order valence-electron chi connectivity index (χ2n) is 8.02. The van der Waals surface area contributed by atoms with E-state index in [0.717, 1.165) is 42.2 Å². The summed E-state index contributed by atoms with van der Waals surface area (Å²) in [4.78, 5) is 29.8. The molecule has 3 aromatic rings. The fraction of sp³-hybridized carbons (Fsp3) is 0.476. The first kappa shape index (κ1) is 19.4. The number of hydrogen-bond donors (Lipinski definition) is 2. The van der Waals surface area contributed by atoms with Crippen LogP contribution < -0.4 is 16.6 Å². The van der Waals surface area contributed by atoms with Crippen molar-refractivity contribution in [1.29, 1.82) is 0 Å². The molecule has 1 fully saturated rings. The Morgan fingerprint density at radius 3 is 2.45 bits per heavy atom. The summed E-state index contributed by atoms with van der Waals surface area (Å²) in [7, 11) is 3.09. The van der Waals surface area contributed by atoms with Crippen LogP contribution in [0.25, 0.3) is 11.2 Å². The molecule has 0 spiro atoms. The molecule has 0 amide bonds. The number of nitrogens with one attached hydrogen (secondary N) is 1. The number of rotatable bonds is 5. The van der Waals surface area contributed by atoms with E-state index >= 15 is 0 Å². The molecule has 0 bridgehead atoms. The molecule has 1 aliphatic rings. The van der Waals surface area contributed by atoms with E-state index in [-0.39, 0.29) is 5.56 Å². The van der Waals surface area contributed by atoms with Crippen LogP contribution in [-0.4, -0.2) is 35.9 Å². The third kappa shape index (κ3) is 3.60. The summed E-state index contributed by atoms with van der Waals surface area (Å²) in [6, 6.07) is 9.80. The Morgan fingerprint density at radius 1 is 1.07 bits per heavy atom. The highest BCUT2D eigenvalue weighted by Crippen LogP contribution is 2.28. The zero-order valence-corrected chi connectivity index (χ0v) is 16.9. The number of fused-ring (bicyclic) bond motifs is 1. The second kappa shape index (κ2) is 7.51. The summed E-state index contributed by atoms with van der Waals surface area (Å²) in [5.41, 5.74) is 0.163. The van der Waals surface area contributed by atoms with Crippen LogP contribution in [0.3, 0.4) is 0 Å². The Kier molecular flexibility index (Phi) is 5.04. The van der Waals surface area contributed by atoms with Gasteiger partial charge >= 0.3 is 5.69 Å². The molecular formula is C21H27N5O3. The maximum atomic E-state index is 12.9. The average molecular weight is 397 g/mol. The quantitative estimate of drug-likeness (QED) is 0.682. The van der Waals surface area contributed by atoms with E-state index in [4.69, 9.17) is 0 Å². The summed E-state index contributed by atoms with van der Waals surface area (Å²) in [5.74, 6) is 0.487. The summed E-state index contributed by atoms with van der Waals surface area (Å²) in [6.07, 6.45) is 4.66. The zero-order valence-electron chi connectivity index (χ0n) is 16.9. The van der Waals surface area contributed by atoms with Crippen molar-refractivity contribution in [2.75, 3.05) is 11.9 Å². The van der Waals surface area contributed by atoms with Gasteiger partial charge in [-0.25, -0.2) is 4.79 Å². The standard InChI is InChI=1S/C21H27N5O3/c1-24-17-16(18(27)25(2)20(24)28)26(13-15-9-5-3-6-10-15)19(23-17)22-14-21(29)11-7-4-8-12-21/h3,5-6,9-10,29H,4,7-8,11-14H2,1-2H3,(H,22,23). The molecule has 2 aromatic heterocycles. The van der Waals surface area contributed by atoms with Gasteiger partial charge in [-0.1, -0.05) is 49.6 Å². The van der Waals surface area contributed by atoms with Crippen molar-refractivity contribution >= 4 is 17.1 Å². The fourth-order valence-corrected chi connectivity index (χ4v) is 4.13. The first-order valence-electron chi connectivity index (χ1n) is 10.1. The molecule has 2 N–H and O–H groups in total. The summed E-state index contributed by atoms with van der Waals surface area (Å²) in [6.45, 7) is 0.797. The molecular weight excluding hydrogens is 370 g/mol. The van der Waals surface area contributed by atoms with Crippen molar-refractivity contribution < 1.29 is 5.11 Å². The van der Waals surface area contributed by atoms with Crippen molar-refractivity contribution in [3.05, 3.63) is 56.7 Å². The predicted molar refractivity (Wildman–Crippen MR) is 112 cm³/mol. The van der Waals surface area contributed by atoms with Gasteiger partial charge < -0.3 is 10.4 Å². The van der Waals surface area contributed by atoms with Crippen LogP contribution >= 0.6 is 0 Å². The van der Waals surface area contributed by atoms with Crippen LogP contribution in [0.5, 0.6) is 0 Å². The Balaban J connectivity index is 1.80. The Morgan fingerprint density at radius 2 is 1.76 bits per heavy atom. The number of anilines is 1. The third-order valence-electron chi connectivity index (χ3n) is 5.89. The lowest BCUT2D eigenvalue weighted by Gasteiger charge is -2.32. The first-order valence-corrected chi connectivity index (χ1v) is 10.1. The molecule has 1 aliphatic carbocycles. The second-order valence-corrected chi connectivity index (χ2v) is 8.02. The SMILES string of the molecule is Cn1c(=O)c2c(nc(NCC3(O)CCCCC3)n2Cc2ccccc2)n(C)c1=O. The van der Waals surface area contributed by atoms with Crippen LogP contribution in [-0.2, 0) is 20.6 Å². The molecule has 0 aliphatic heterocycles. The minimum Gasteiger partial charge on any atom is -0.388 e. The van der Waals surface area contributed by atoms with Gasteiger partial charge in [0.1, 0.15) is 0 Å². The highest BCUT2D eigenvalue weighted by molar-refractivity contribution is 5.74. The molecule has 0 unspecified atom stereocenters. The number of hydrogen-bond acceptors (Lipinski definition) is 5. The lowest BCUT2D eigenvalue weighted by atomic mass is 9.85. The van der Waals surface area contributed by atoms with Crippen LogP contribution in [0.15, 0.2) is 39.9 Å². The maximum absolute atomic E-state index is 12.9. The van der Waals surface area contributed by atoms with Gasteiger partial charge in [0, 0.05) is 20.6 Å². The van der Waals surface area contributed by atoms with E-state index in [2.05, 4.69) is 10.3 Å². The van der Waals surface area contributed by atoms with E-state index in [1.807, 2.05) is 30.3 Å². The van der Waals surface area contributed by atoms with Crippen molar-refractivity contribution in [2.45, 2.75) is 44.2 Å². The van der Waals surface area contributed by atoms with Crippen LogP contribution in [0.4, 0.5) is 5.95 Å². The van der Waals surface area contributed by atoms with Crippen molar-refractivity contribution in [3.63, 3.8) is 0 Å². The highest BCUT2D eigenvalue weighted by atomic mass is 16.3. The van der Waals surface area contributed by atoms with E-state index in [9.17, 15) is 14.7 Å². The van der Waals surface area contributed by atoms with E-state index < -0.39 is 11.3 Å². The maximum Gasteiger partial charge on any atom is 0.332 e.